The summed E-state index contributed by atoms with van der Waals surface area (Å²) in [6, 6.07) is 9.00. The highest BCUT2D eigenvalue weighted by Crippen LogP contribution is 2.23. The molecule has 25 heavy (non-hydrogen) atoms. The van der Waals surface area contributed by atoms with Gasteiger partial charge in [0.2, 0.25) is 5.43 Å². The van der Waals surface area contributed by atoms with E-state index in [4.69, 9.17) is 0 Å². The number of hydrogen-bond acceptors (Lipinski definition) is 3. The van der Waals surface area contributed by atoms with Gasteiger partial charge in [-0.25, -0.2) is 4.39 Å². The van der Waals surface area contributed by atoms with Crippen LogP contribution in [0.5, 0.6) is 5.75 Å². The number of phenols is 1. The fourth-order valence-corrected chi connectivity index (χ4v) is 2.78. The van der Waals surface area contributed by atoms with E-state index in [1.54, 1.807) is 24.4 Å². The number of aromatic hydroxyl groups is 1. The van der Waals surface area contributed by atoms with E-state index >= 15 is 0 Å². The molecule has 1 amide bonds. The monoisotopic (exact) mass is 337 g/mol. The lowest BCUT2D eigenvalue weighted by Gasteiger charge is -2.08. The number of halogens is 1. The Morgan fingerprint density at radius 2 is 1.96 bits per heavy atom. The van der Waals surface area contributed by atoms with E-state index in [0.29, 0.717) is 16.4 Å². The predicted molar refractivity (Wildman–Crippen MR) is 92.4 cm³/mol. The molecule has 4 rings (SSSR count). The largest absolute Gasteiger partial charge is 0.507 e. The summed E-state index contributed by atoms with van der Waals surface area (Å²) in [5.74, 6) is -1.61. The zero-order chi connectivity index (χ0) is 17.6. The zero-order valence-corrected chi connectivity index (χ0v) is 12.8. The third-order valence-corrected chi connectivity index (χ3v) is 4.02. The van der Waals surface area contributed by atoms with Crippen LogP contribution in [0.4, 0.5) is 10.1 Å². The average Bonchev–Trinajstić information content (AvgIpc) is 3.02. The summed E-state index contributed by atoms with van der Waals surface area (Å²) in [4.78, 5) is 30.6. The first kappa shape index (κ1) is 14.9. The van der Waals surface area contributed by atoms with Crippen LogP contribution in [0.1, 0.15) is 10.4 Å². The number of aromatic nitrogens is 2. The van der Waals surface area contributed by atoms with Crippen molar-refractivity contribution in [2.45, 2.75) is 0 Å². The maximum Gasteiger partial charge on any atom is 0.261 e. The van der Waals surface area contributed by atoms with E-state index in [-0.39, 0.29) is 22.4 Å². The third kappa shape index (κ3) is 2.42. The second-order valence-corrected chi connectivity index (χ2v) is 5.58. The minimum Gasteiger partial charge on any atom is -0.507 e. The van der Waals surface area contributed by atoms with Gasteiger partial charge in [-0.15, -0.1) is 0 Å². The Bertz CT molecular complexity index is 1190. The summed E-state index contributed by atoms with van der Waals surface area (Å²) >= 11 is 0. The lowest BCUT2D eigenvalue weighted by molar-refractivity contribution is 0.102. The van der Waals surface area contributed by atoms with Crippen molar-refractivity contribution in [3.05, 3.63) is 70.4 Å². The normalized spacial score (nSPS) is 11.1. The van der Waals surface area contributed by atoms with Gasteiger partial charge in [0.05, 0.1) is 16.6 Å². The Morgan fingerprint density at radius 1 is 1.12 bits per heavy atom. The van der Waals surface area contributed by atoms with Crippen molar-refractivity contribution >= 4 is 33.4 Å². The Morgan fingerprint density at radius 3 is 2.80 bits per heavy atom. The summed E-state index contributed by atoms with van der Waals surface area (Å²) in [7, 11) is 0. The van der Waals surface area contributed by atoms with Crippen molar-refractivity contribution in [3.63, 3.8) is 0 Å². The van der Waals surface area contributed by atoms with Gasteiger partial charge in [-0.2, -0.15) is 0 Å². The molecule has 0 saturated heterocycles. The number of carbonyl (C=O) groups is 1. The molecule has 0 atom stereocenters. The van der Waals surface area contributed by atoms with Gasteiger partial charge in [0.15, 0.2) is 0 Å². The topological polar surface area (TPSA) is 98.0 Å². The summed E-state index contributed by atoms with van der Waals surface area (Å²) in [5.41, 5.74) is 0.157. The molecule has 7 heteroatoms. The van der Waals surface area contributed by atoms with Crippen molar-refractivity contribution in [1.29, 1.82) is 0 Å². The first-order valence-electron chi connectivity index (χ1n) is 7.46. The Kier molecular flexibility index (Phi) is 3.28. The minimum absolute atomic E-state index is 0.00967. The minimum atomic E-state index is -0.767. The molecule has 0 aliphatic carbocycles. The molecule has 124 valence electrons. The van der Waals surface area contributed by atoms with E-state index < -0.39 is 17.2 Å². The molecule has 0 fully saturated rings. The van der Waals surface area contributed by atoms with Crippen LogP contribution in [0.15, 0.2) is 53.6 Å². The molecule has 2 heterocycles. The van der Waals surface area contributed by atoms with Crippen LogP contribution in [0, 0.1) is 5.82 Å². The lowest BCUT2D eigenvalue weighted by atomic mass is 10.1. The number of pyridine rings is 1. The number of fused-ring (bicyclic) bond motifs is 2. The SMILES string of the molecule is O=C(Nc1cc2[nH]ccc2cc1F)c1c[nH]c2cccc(O)c2c1=O. The molecule has 4 aromatic rings. The molecule has 0 bridgehead atoms. The molecule has 0 aliphatic rings. The van der Waals surface area contributed by atoms with Crippen molar-refractivity contribution in [3.8, 4) is 5.75 Å². The summed E-state index contributed by atoms with van der Waals surface area (Å²) in [5, 5.41) is 12.9. The van der Waals surface area contributed by atoms with Crippen LogP contribution in [0.25, 0.3) is 21.8 Å². The van der Waals surface area contributed by atoms with E-state index in [9.17, 15) is 19.1 Å². The average molecular weight is 337 g/mol. The van der Waals surface area contributed by atoms with Gasteiger partial charge in [0.1, 0.15) is 17.1 Å². The van der Waals surface area contributed by atoms with Crippen molar-refractivity contribution in [2.24, 2.45) is 0 Å². The molecule has 2 aromatic carbocycles. The molecule has 4 N–H and O–H groups in total. The molecular formula is C18H12FN3O3. The maximum absolute atomic E-state index is 14.1. The number of nitrogens with one attached hydrogen (secondary N) is 3. The van der Waals surface area contributed by atoms with Crippen molar-refractivity contribution in [1.82, 2.24) is 9.97 Å². The molecule has 0 radical (unpaired) electrons. The number of anilines is 1. The van der Waals surface area contributed by atoms with Gasteiger partial charge in [-0.3, -0.25) is 9.59 Å². The van der Waals surface area contributed by atoms with Gasteiger partial charge < -0.3 is 20.4 Å². The number of phenolic OH excluding ortho intramolecular Hbond substituents is 1. The number of benzene rings is 2. The van der Waals surface area contributed by atoms with Crippen LogP contribution in [0.3, 0.4) is 0 Å². The van der Waals surface area contributed by atoms with Crippen LogP contribution in [0.2, 0.25) is 0 Å². The second kappa shape index (κ2) is 5.48. The van der Waals surface area contributed by atoms with E-state index in [0.717, 1.165) is 0 Å². The number of amides is 1. The van der Waals surface area contributed by atoms with Crippen LogP contribution >= 0.6 is 0 Å². The number of rotatable bonds is 2. The van der Waals surface area contributed by atoms with Gasteiger partial charge in [0, 0.05) is 23.3 Å². The first-order valence-corrected chi connectivity index (χ1v) is 7.46. The second-order valence-electron chi connectivity index (χ2n) is 5.58. The highest BCUT2D eigenvalue weighted by atomic mass is 19.1. The Hall–Kier alpha value is -3.61. The molecule has 0 spiro atoms. The summed E-state index contributed by atoms with van der Waals surface area (Å²) in [6.07, 6.45) is 2.90. The summed E-state index contributed by atoms with van der Waals surface area (Å²) in [6.45, 7) is 0. The van der Waals surface area contributed by atoms with Gasteiger partial charge in [0.25, 0.3) is 5.91 Å². The highest BCUT2D eigenvalue weighted by Gasteiger charge is 2.17. The fourth-order valence-electron chi connectivity index (χ4n) is 2.78. The maximum atomic E-state index is 14.1. The smallest absolute Gasteiger partial charge is 0.261 e. The van der Waals surface area contributed by atoms with Crippen molar-refractivity contribution in [2.75, 3.05) is 5.32 Å². The van der Waals surface area contributed by atoms with Gasteiger partial charge in [-0.05, 0) is 30.3 Å². The number of carbonyl (C=O) groups excluding carboxylic acids is 1. The molecule has 0 aliphatic heterocycles. The van der Waals surface area contributed by atoms with Crippen molar-refractivity contribution < 1.29 is 14.3 Å². The van der Waals surface area contributed by atoms with Crippen LogP contribution < -0.4 is 10.7 Å². The number of aromatic amines is 2. The molecule has 2 aromatic heterocycles. The van der Waals surface area contributed by atoms with Crippen LogP contribution in [-0.2, 0) is 0 Å². The van der Waals surface area contributed by atoms with E-state index in [2.05, 4.69) is 15.3 Å². The quantitative estimate of drug-likeness (QED) is 0.452. The van der Waals surface area contributed by atoms with E-state index in [1.807, 2.05) is 0 Å². The summed E-state index contributed by atoms with van der Waals surface area (Å²) < 4.78 is 14.1. The Labute approximate surface area is 139 Å². The predicted octanol–water partition coefficient (Wildman–Crippen LogP) is 3.11. The molecule has 0 unspecified atom stereocenters. The Balaban J connectivity index is 1.77. The third-order valence-electron chi connectivity index (χ3n) is 4.02. The lowest BCUT2D eigenvalue weighted by Crippen LogP contribution is -2.22. The number of H-pyrrole nitrogens is 2. The molecule has 0 saturated carbocycles. The fraction of sp³-hybridized carbons (Fsp3) is 0. The molecular weight excluding hydrogens is 325 g/mol. The standard InChI is InChI=1S/C18H12FN3O3/c19-11-6-9-4-5-20-13(9)7-14(11)22-18(25)10-8-21-12-2-1-3-15(23)16(12)17(10)24/h1-8,20,23H,(H,21,24)(H,22,25). The van der Waals surface area contributed by atoms with E-state index in [1.165, 1.54) is 24.4 Å². The zero-order valence-electron chi connectivity index (χ0n) is 12.8. The number of hydrogen-bond donors (Lipinski definition) is 4. The first-order chi connectivity index (χ1) is 12.0. The highest BCUT2D eigenvalue weighted by molar-refractivity contribution is 6.06. The van der Waals surface area contributed by atoms with Gasteiger partial charge >= 0.3 is 0 Å². The van der Waals surface area contributed by atoms with Gasteiger partial charge in [-0.1, -0.05) is 6.07 Å². The van der Waals surface area contributed by atoms with Crippen LogP contribution in [-0.4, -0.2) is 21.0 Å². The molecule has 6 nitrogen and oxygen atoms in total.